The molecule has 1 heterocycles. The summed E-state index contributed by atoms with van der Waals surface area (Å²) in [5.41, 5.74) is 2.29. The smallest absolute Gasteiger partial charge is 0.193 e. The van der Waals surface area contributed by atoms with Gasteiger partial charge in [-0.25, -0.2) is 0 Å². The molecule has 88 valence electrons. The number of hydrogen-bond acceptors (Lipinski definition) is 3. The third-order valence-corrected chi connectivity index (χ3v) is 3.37. The van der Waals surface area contributed by atoms with Crippen LogP contribution in [0.5, 0.6) is 0 Å². The normalized spacial score (nSPS) is 16.6. The van der Waals surface area contributed by atoms with Crippen molar-refractivity contribution in [3.8, 4) is 0 Å². The van der Waals surface area contributed by atoms with Crippen molar-refractivity contribution in [3.63, 3.8) is 0 Å². The standard InChI is InChI=1S/C14H9BrN2O/c15-10-6-7-11-12(8-10)16-17-13(11)14(18)9-4-2-1-3-5-9/h1-8,13H. The minimum Gasteiger partial charge on any atom is -0.291 e. The van der Waals surface area contributed by atoms with Gasteiger partial charge in [0.2, 0.25) is 0 Å². The molecule has 0 bridgehead atoms. The second-order valence-electron chi connectivity index (χ2n) is 4.05. The molecule has 2 aromatic rings. The quantitative estimate of drug-likeness (QED) is 0.754. The number of rotatable bonds is 2. The van der Waals surface area contributed by atoms with E-state index in [-0.39, 0.29) is 5.78 Å². The lowest BCUT2D eigenvalue weighted by molar-refractivity contribution is 0.0962. The van der Waals surface area contributed by atoms with Crippen LogP contribution in [0, 0.1) is 0 Å². The molecule has 0 saturated carbocycles. The van der Waals surface area contributed by atoms with E-state index in [0.717, 1.165) is 15.7 Å². The summed E-state index contributed by atoms with van der Waals surface area (Å²) in [4.78, 5) is 12.3. The van der Waals surface area contributed by atoms with Crippen LogP contribution in [0.2, 0.25) is 0 Å². The number of nitrogens with zero attached hydrogens (tertiary/aromatic N) is 2. The summed E-state index contributed by atoms with van der Waals surface area (Å²) in [5.74, 6) is -0.0135. The SMILES string of the molecule is O=C(c1ccccc1)C1N=Nc2cc(Br)ccc21. The summed E-state index contributed by atoms with van der Waals surface area (Å²) in [7, 11) is 0. The highest BCUT2D eigenvalue weighted by Crippen LogP contribution is 2.38. The van der Waals surface area contributed by atoms with Gasteiger partial charge in [-0.3, -0.25) is 4.79 Å². The summed E-state index contributed by atoms with van der Waals surface area (Å²) in [5, 5.41) is 8.14. The van der Waals surface area contributed by atoms with E-state index in [1.807, 2.05) is 36.4 Å². The molecule has 18 heavy (non-hydrogen) atoms. The third kappa shape index (κ3) is 1.88. The van der Waals surface area contributed by atoms with Gasteiger partial charge in [-0.1, -0.05) is 52.3 Å². The van der Waals surface area contributed by atoms with Gasteiger partial charge in [0, 0.05) is 15.6 Å². The van der Waals surface area contributed by atoms with Gasteiger partial charge in [0.25, 0.3) is 0 Å². The van der Waals surface area contributed by atoms with Crippen LogP contribution in [0.3, 0.4) is 0 Å². The molecule has 0 fully saturated rings. The zero-order valence-corrected chi connectivity index (χ0v) is 11.0. The summed E-state index contributed by atoms with van der Waals surface area (Å²) in [6.07, 6.45) is 0. The largest absolute Gasteiger partial charge is 0.291 e. The van der Waals surface area contributed by atoms with Crippen LogP contribution in [0.25, 0.3) is 0 Å². The fourth-order valence-electron chi connectivity index (χ4n) is 1.97. The molecule has 0 spiro atoms. The maximum Gasteiger partial charge on any atom is 0.193 e. The van der Waals surface area contributed by atoms with E-state index < -0.39 is 6.04 Å². The van der Waals surface area contributed by atoms with Crippen molar-refractivity contribution in [3.05, 3.63) is 64.1 Å². The van der Waals surface area contributed by atoms with Gasteiger partial charge < -0.3 is 0 Å². The fourth-order valence-corrected chi connectivity index (χ4v) is 2.32. The number of fused-ring (bicyclic) bond motifs is 1. The van der Waals surface area contributed by atoms with Crippen LogP contribution in [-0.2, 0) is 0 Å². The average molecular weight is 301 g/mol. The van der Waals surface area contributed by atoms with Crippen molar-refractivity contribution in [1.29, 1.82) is 0 Å². The summed E-state index contributed by atoms with van der Waals surface area (Å²) in [6.45, 7) is 0. The van der Waals surface area contributed by atoms with E-state index in [4.69, 9.17) is 0 Å². The highest BCUT2D eigenvalue weighted by Gasteiger charge is 2.28. The molecular weight excluding hydrogens is 292 g/mol. The van der Waals surface area contributed by atoms with Gasteiger partial charge in [-0.15, -0.1) is 0 Å². The lowest BCUT2D eigenvalue weighted by atomic mass is 9.98. The van der Waals surface area contributed by atoms with Crippen molar-refractivity contribution < 1.29 is 4.79 Å². The first-order chi connectivity index (χ1) is 8.75. The van der Waals surface area contributed by atoms with Crippen molar-refractivity contribution in [2.45, 2.75) is 6.04 Å². The van der Waals surface area contributed by atoms with Crippen molar-refractivity contribution in [1.82, 2.24) is 0 Å². The molecule has 0 aromatic heterocycles. The number of hydrogen-bond donors (Lipinski definition) is 0. The van der Waals surface area contributed by atoms with Gasteiger partial charge in [0.15, 0.2) is 11.8 Å². The van der Waals surface area contributed by atoms with Gasteiger partial charge in [-0.2, -0.15) is 10.2 Å². The zero-order chi connectivity index (χ0) is 12.5. The number of carbonyl (C=O) groups excluding carboxylic acids is 1. The van der Waals surface area contributed by atoms with Crippen LogP contribution in [0.1, 0.15) is 22.0 Å². The molecule has 0 amide bonds. The summed E-state index contributed by atoms with van der Waals surface area (Å²) < 4.78 is 0.938. The second kappa shape index (κ2) is 4.46. The molecule has 1 unspecified atom stereocenters. The van der Waals surface area contributed by atoms with Crippen molar-refractivity contribution in [2.24, 2.45) is 10.2 Å². The van der Waals surface area contributed by atoms with E-state index in [9.17, 15) is 4.79 Å². The maximum atomic E-state index is 12.3. The monoisotopic (exact) mass is 300 g/mol. The van der Waals surface area contributed by atoms with Crippen LogP contribution in [-0.4, -0.2) is 5.78 Å². The van der Waals surface area contributed by atoms with E-state index in [1.54, 1.807) is 12.1 Å². The Kier molecular flexibility index (Phi) is 2.80. The van der Waals surface area contributed by atoms with E-state index >= 15 is 0 Å². The molecule has 0 N–H and O–H groups in total. The minimum absolute atomic E-state index is 0.0135. The predicted octanol–water partition coefficient (Wildman–Crippen LogP) is 4.47. The molecule has 4 heteroatoms. The van der Waals surface area contributed by atoms with Crippen LogP contribution in [0.15, 0.2) is 63.2 Å². The highest BCUT2D eigenvalue weighted by atomic mass is 79.9. The Morgan fingerprint density at radius 1 is 1.11 bits per heavy atom. The predicted molar refractivity (Wildman–Crippen MR) is 72.2 cm³/mol. The first-order valence-corrected chi connectivity index (χ1v) is 6.34. The Hall–Kier alpha value is -1.81. The molecule has 1 aliphatic rings. The number of halogens is 1. The summed E-state index contributed by atoms with van der Waals surface area (Å²) in [6, 6.07) is 14.4. The second-order valence-corrected chi connectivity index (χ2v) is 4.97. The zero-order valence-electron chi connectivity index (χ0n) is 9.38. The van der Waals surface area contributed by atoms with Gasteiger partial charge >= 0.3 is 0 Å². The lowest BCUT2D eigenvalue weighted by Gasteiger charge is -2.07. The van der Waals surface area contributed by atoms with Crippen LogP contribution < -0.4 is 0 Å². The van der Waals surface area contributed by atoms with E-state index in [2.05, 4.69) is 26.2 Å². The maximum absolute atomic E-state index is 12.3. The van der Waals surface area contributed by atoms with Gasteiger partial charge in [0.1, 0.15) is 0 Å². The number of azo groups is 1. The Morgan fingerprint density at radius 3 is 2.67 bits per heavy atom. The van der Waals surface area contributed by atoms with Crippen molar-refractivity contribution >= 4 is 27.4 Å². The molecular formula is C14H9BrN2O. The molecule has 1 aliphatic heterocycles. The molecule has 0 radical (unpaired) electrons. The van der Waals surface area contributed by atoms with Gasteiger partial charge in [-0.05, 0) is 12.1 Å². The molecule has 3 nitrogen and oxygen atoms in total. The lowest BCUT2D eigenvalue weighted by Crippen LogP contribution is -2.08. The molecule has 0 aliphatic carbocycles. The highest BCUT2D eigenvalue weighted by molar-refractivity contribution is 9.10. The molecule has 2 aromatic carbocycles. The van der Waals surface area contributed by atoms with E-state index in [1.165, 1.54) is 0 Å². The van der Waals surface area contributed by atoms with Crippen molar-refractivity contribution in [2.75, 3.05) is 0 Å². The first-order valence-electron chi connectivity index (χ1n) is 5.55. The topological polar surface area (TPSA) is 41.8 Å². The Bertz CT molecular complexity index is 637. The molecule has 3 rings (SSSR count). The molecule has 1 atom stereocenters. The Morgan fingerprint density at radius 2 is 1.89 bits per heavy atom. The summed E-state index contributed by atoms with van der Waals surface area (Å²) >= 11 is 3.38. The van der Waals surface area contributed by atoms with Crippen LogP contribution in [0.4, 0.5) is 5.69 Å². The van der Waals surface area contributed by atoms with E-state index in [0.29, 0.717) is 5.56 Å². The average Bonchev–Trinajstić information content (AvgIpc) is 2.81. The number of ketones is 1. The van der Waals surface area contributed by atoms with Crippen LogP contribution >= 0.6 is 15.9 Å². The number of carbonyl (C=O) groups is 1. The minimum atomic E-state index is -0.504. The molecule has 0 saturated heterocycles. The van der Waals surface area contributed by atoms with Gasteiger partial charge in [0.05, 0.1) is 5.69 Å². The first kappa shape index (κ1) is 11.3. The number of Topliss-reactive ketones (excluding diaryl/α,β-unsaturated/α-hetero) is 1. The third-order valence-electron chi connectivity index (χ3n) is 2.87. The number of benzene rings is 2. The Labute approximate surface area is 113 Å². The Balaban J connectivity index is 1.98. The fraction of sp³-hybridized carbons (Fsp3) is 0.0714.